The minimum atomic E-state index is -0.355. The molecule has 1 unspecified atom stereocenters. The molecule has 2 aromatic rings. The molecule has 3 heterocycles. The summed E-state index contributed by atoms with van der Waals surface area (Å²) in [6, 6.07) is 6.93. The van der Waals surface area contributed by atoms with Crippen LogP contribution >= 0.6 is 0 Å². The van der Waals surface area contributed by atoms with E-state index in [0.29, 0.717) is 18.9 Å². The van der Waals surface area contributed by atoms with Gasteiger partial charge in [0.2, 0.25) is 0 Å². The van der Waals surface area contributed by atoms with Crippen molar-refractivity contribution in [1.29, 1.82) is 0 Å². The summed E-state index contributed by atoms with van der Waals surface area (Å²) in [7, 11) is 1.42. The summed E-state index contributed by atoms with van der Waals surface area (Å²) >= 11 is 0. The number of esters is 1. The molecule has 3 aliphatic rings. The van der Waals surface area contributed by atoms with Gasteiger partial charge in [-0.1, -0.05) is 12.1 Å². The highest BCUT2D eigenvalue weighted by Crippen LogP contribution is 2.40. The van der Waals surface area contributed by atoms with Gasteiger partial charge >= 0.3 is 5.97 Å². The molecule has 0 bridgehead atoms. The lowest BCUT2D eigenvalue weighted by Gasteiger charge is -2.38. The van der Waals surface area contributed by atoms with Crippen molar-refractivity contribution in [3.8, 4) is 0 Å². The van der Waals surface area contributed by atoms with E-state index in [2.05, 4.69) is 23.3 Å². The molecule has 1 aromatic heterocycles. The second-order valence-electron chi connectivity index (χ2n) is 9.73. The van der Waals surface area contributed by atoms with Crippen LogP contribution in [0.2, 0.25) is 0 Å². The van der Waals surface area contributed by atoms with Gasteiger partial charge in [0.05, 0.1) is 30.8 Å². The third-order valence-electron chi connectivity index (χ3n) is 7.00. The molecule has 1 fully saturated rings. The summed E-state index contributed by atoms with van der Waals surface area (Å²) in [6.45, 7) is 7.59. The first-order valence-corrected chi connectivity index (χ1v) is 11.4. The summed E-state index contributed by atoms with van der Waals surface area (Å²) in [4.78, 5) is 19.6. The number of likely N-dealkylation sites (tertiary alicyclic amines) is 1. The Kier molecular flexibility index (Phi) is 5.32. The lowest BCUT2D eigenvalue weighted by molar-refractivity contribution is -0.143. The van der Waals surface area contributed by atoms with Gasteiger partial charge < -0.3 is 14.0 Å². The van der Waals surface area contributed by atoms with Gasteiger partial charge in [-0.15, -0.1) is 0 Å². The molecular weight excluding hydrogens is 409 g/mol. The third-order valence-corrected chi connectivity index (χ3v) is 7.00. The molecule has 32 heavy (non-hydrogen) atoms. The van der Waals surface area contributed by atoms with Gasteiger partial charge in [-0.2, -0.15) is 0 Å². The number of aromatic nitrogens is 2. The highest BCUT2D eigenvalue weighted by Gasteiger charge is 2.40. The number of nitrogens with zero attached hydrogens (tertiary/aromatic N) is 3. The molecule has 7 heteroatoms. The Bertz CT molecular complexity index is 1050. The van der Waals surface area contributed by atoms with E-state index in [1.165, 1.54) is 12.7 Å². The van der Waals surface area contributed by atoms with E-state index in [9.17, 15) is 9.18 Å². The van der Waals surface area contributed by atoms with Crippen LogP contribution in [0, 0.1) is 11.7 Å². The van der Waals surface area contributed by atoms with Crippen LogP contribution in [-0.2, 0) is 32.8 Å². The zero-order chi connectivity index (χ0) is 22.5. The molecule has 6 nitrogen and oxygen atoms in total. The van der Waals surface area contributed by atoms with E-state index >= 15 is 0 Å². The topological polar surface area (TPSA) is 56.6 Å². The molecule has 0 radical (unpaired) electrons. The first kappa shape index (κ1) is 21.2. The third kappa shape index (κ3) is 3.72. The average Bonchev–Trinajstić information content (AvgIpc) is 3.16. The molecule has 1 aromatic carbocycles. The molecule has 5 rings (SSSR count). The summed E-state index contributed by atoms with van der Waals surface area (Å²) in [6.07, 6.45) is 4.53. The van der Waals surface area contributed by atoms with E-state index in [0.717, 1.165) is 55.4 Å². The predicted octanol–water partition coefficient (Wildman–Crippen LogP) is 3.85. The molecule has 0 spiro atoms. The smallest absolute Gasteiger partial charge is 0.313 e. The number of halogens is 1. The summed E-state index contributed by atoms with van der Waals surface area (Å²) in [5.74, 6) is 1.45. The minimum Gasteiger partial charge on any atom is -0.489 e. The van der Waals surface area contributed by atoms with Crippen molar-refractivity contribution in [2.75, 3.05) is 26.8 Å². The largest absolute Gasteiger partial charge is 0.489 e. The Morgan fingerprint density at radius 1 is 1.25 bits per heavy atom. The van der Waals surface area contributed by atoms with E-state index < -0.39 is 0 Å². The highest BCUT2D eigenvalue weighted by molar-refractivity contribution is 5.79. The Balaban J connectivity index is 1.35. The number of methoxy groups -OCH3 is 1. The van der Waals surface area contributed by atoms with Crippen molar-refractivity contribution in [3.05, 3.63) is 58.9 Å². The number of hydrogen-bond donors (Lipinski definition) is 0. The standard InChI is InChI=1S/C25H30FN3O3/c1-25(2)15-32-21-13-18(24(30)31-3)12-20-23(21)29(25)22(27-20)14-28-10-8-17(9-11-28)16-4-6-19(26)7-5-16/h4-7,13,17-18H,8-12,14-15H2,1-3H3. The predicted molar refractivity (Wildman–Crippen MR) is 118 cm³/mol. The number of rotatable bonds is 4. The number of ether oxygens (including phenoxy) is 2. The van der Waals surface area contributed by atoms with Crippen LogP contribution in [0.1, 0.15) is 55.4 Å². The van der Waals surface area contributed by atoms with Gasteiger partial charge in [0.25, 0.3) is 0 Å². The monoisotopic (exact) mass is 439 g/mol. The zero-order valence-corrected chi connectivity index (χ0v) is 18.9. The van der Waals surface area contributed by atoms with Crippen molar-refractivity contribution in [2.45, 2.75) is 51.1 Å². The number of piperidine rings is 1. The van der Waals surface area contributed by atoms with Crippen molar-refractivity contribution in [3.63, 3.8) is 0 Å². The van der Waals surface area contributed by atoms with Crippen LogP contribution < -0.4 is 0 Å². The molecule has 170 valence electrons. The van der Waals surface area contributed by atoms with Gasteiger partial charge in [-0.05, 0) is 69.5 Å². The second-order valence-corrected chi connectivity index (χ2v) is 9.73. The zero-order valence-electron chi connectivity index (χ0n) is 18.9. The van der Waals surface area contributed by atoms with Crippen LogP contribution in [0.4, 0.5) is 4.39 Å². The average molecular weight is 440 g/mol. The van der Waals surface area contributed by atoms with Crippen molar-refractivity contribution in [1.82, 2.24) is 14.5 Å². The SMILES string of the molecule is COC(=O)C1C=C2OCC(C)(C)n3c(CN4CCC(c5ccc(F)cc5)CC4)nc(c32)C1. The van der Waals surface area contributed by atoms with Gasteiger partial charge in [-0.3, -0.25) is 9.69 Å². The van der Waals surface area contributed by atoms with E-state index in [4.69, 9.17) is 14.5 Å². The minimum absolute atomic E-state index is 0.183. The van der Waals surface area contributed by atoms with Crippen LogP contribution in [-0.4, -0.2) is 47.2 Å². The van der Waals surface area contributed by atoms with Crippen LogP contribution in [0.25, 0.3) is 5.76 Å². The van der Waals surface area contributed by atoms with Gasteiger partial charge in [0, 0.05) is 6.42 Å². The van der Waals surface area contributed by atoms with Crippen molar-refractivity contribution in [2.24, 2.45) is 5.92 Å². The fourth-order valence-electron chi connectivity index (χ4n) is 5.30. The number of benzene rings is 1. The maximum absolute atomic E-state index is 13.3. The summed E-state index contributed by atoms with van der Waals surface area (Å²) in [5, 5.41) is 0. The maximum atomic E-state index is 13.3. The second kappa shape index (κ2) is 8.03. The highest BCUT2D eigenvalue weighted by atomic mass is 19.1. The lowest BCUT2D eigenvalue weighted by Crippen LogP contribution is -2.41. The molecular formula is C25H30FN3O3. The van der Waals surface area contributed by atoms with E-state index in [1.54, 1.807) is 12.1 Å². The maximum Gasteiger partial charge on any atom is 0.313 e. The number of carbonyl (C=O) groups excluding carboxylic acids is 1. The Hall–Kier alpha value is -2.67. The lowest BCUT2D eigenvalue weighted by atomic mass is 9.89. The molecule has 2 aliphatic heterocycles. The quantitative estimate of drug-likeness (QED) is 0.678. The number of imidazole rings is 1. The number of hydrogen-bond acceptors (Lipinski definition) is 5. The Morgan fingerprint density at radius 3 is 2.66 bits per heavy atom. The first-order valence-electron chi connectivity index (χ1n) is 11.4. The summed E-state index contributed by atoms with van der Waals surface area (Å²) < 4.78 is 26.6. The Morgan fingerprint density at radius 2 is 1.97 bits per heavy atom. The van der Waals surface area contributed by atoms with Crippen molar-refractivity contribution >= 4 is 11.7 Å². The van der Waals surface area contributed by atoms with Crippen LogP contribution in [0.15, 0.2) is 30.3 Å². The fourth-order valence-corrected chi connectivity index (χ4v) is 5.30. The molecule has 0 N–H and O–H groups in total. The van der Waals surface area contributed by atoms with Crippen molar-refractivity contribution < 1.29 is 18.7 Å². The van der Waals surface area contributed by atoms with Crippen LogP contribution in [0.5, 0.6) is 0 Å². The summed E-state index contributed by atoms with van der Waals surface area (Å²) in [5.41, 5.74) is 2.94. The van der Waals surface area contributed by atoms with Gasteiger partial charge in [-0.25, -0.2) is 9.37 Å². The van der Waals surface area contributed by atoms with Gasteiger partial charge in [0.15, 0.2) is 0 Å². The molecule has 1 atom stereocenters. The normalized spacial score (nSPS) is 22.6. The fraction of sp³-hybridized carbons (Fsp3) is 0.520. The number of carbonyl (C=O) groups is 1. The molecule has 0 amide bonds. The first-order chi connectivity index (χ1) is 15.4. The molecule has 1 aliphatic carbocycles. The van der Waals surface area contributed by atoms with E-state index in [1.807, 2.05) is 18.2 Å². The Labute approximate surface area is 188 Å². The molecule has 1 saturated heterocycles. The van der Waals surface area contributed by atoms with Gasteiger partial charge in [0.1, 0.15) is 29.7 Å². The molecule has 0 saturated carbocycles. The van der Waals surface area contributed by atoms with E-state index in [-0.39, 0.29) is 23.2 Å². The van der Waals surface area contributed by atoms with Crippen LogP contribution in [0.3, 0.4) is 0 Å².